The molecule has 0 spiro atoms. The molecular formula is C17H26N2O5S2. The van der Waals surface area contributed by atoms with E-state index in [1.54, 1.807) is 29.3 Å². The minimum atomic E-state index is -3.46. The van der Waals surface area contributed by atoms with E-state index >= 15 is 0 Å². The molecule has 1 aromatic rings. The molecule has 1 unspecified atom stereocenters. The first-order valence-electron chi connectivity index (χ1n) is 8.71. The van der Waals surface area contributed by atoms with Gasteiger partial charge in [-0.25, -0.2) is 8.42 Å². The van der Waals surface area contributed by atoms with Crippen LogP contribution in [-0.2, 0) is 24.3 Å². The van der Waals surface area contributed by atoms with Gasteiger partial charge in [0.2, 0.25) is 5.91 Å². The summed E-state index contributed by atoms with van der Waals surface area (Å²) in [5.41, 5.74) is 0. The molecule has 0 radical (unpaired) electrons. The lowest BCUT2D eigenvalue weighted by Crippen LogP contribution is -2.45. The maximum Gasteiger partial charge on any atom is 0.310 e. The number of esters is 1. The van der Waals surface area contributed by atoms with E-state index in [4.69, 9.17) is 4.74 Å². The van der Waals surface area contributed by atoms with Crippen LogP contribution in [0.15, 0.2) is 21.7 Å². The minimum Gasteiger partial charge on any atom is -0.469 e. The van der Waals surface area contributed by atoms with Gasteiger partial charge in [0.15, 0.2) is 0 Å². The third-order valence-electron chi connectivity index (χ3n) is 4.68. The van der Waals surface area contributed by atoms with Crippen LogP contribution in [0.4, 0.5) is 0 Å². The molecular weight excluding hydrogens is 376 g/mol. The molecule has 0 aromatic carbocycles. The molecule has 146 valence electrons. The maximum absolute atomic E-state index is 12.8. The first kappa shape index (κ1) is 20.9. The van der Waals surface area contributed by atoms with Crippen molar-refractivity contribution in [3.63, 3.8) is 0 Å². The van der Waals surface area contributed by atoms with Crippen molar-refractivity contribution in [2.24, 2.45) is 11.8 Å². The average Bonchev–Trinajstić information content (AvgIpc) is 3.20. The van der Waals surface area contributed by atoms with Crippen LogP contribution in [0.1, 0.15) is 26.7 Å². The van der Waals surface area contributed by atoms with E-state index in [1.807, 2.05) is 6.92 Å². The first-order chi connectivity index (χ1) is 12.3. The fraction of sp³-hybridized carbons (Fsp3) is 0.647. The summed E-state index contributed by atoms with van der Waals surface area (Å²) in [7, 11) is -2.13. The number of carbonyl (C=O) groups is 2. The number of ether oxygens (including phenoxy) is 1. The summed E-state index contributed by atoms with van der Waals surface area (Å²) in [6.45, 7) is 5.10. The molecule has 7 nitrogen and oxygen atoms in total. The van der Waals surface area contributed by atoms with Crippen molar-refractivity contribution in [2.75, 3.05) is 33.3 Å². The maximum atomic E-state index is 12.8. The third kappa shape index (κ3) is 4.63. The van der Waals surface area contributed by atoms with Crippen LogP contribution in [0.25, 0.3) is 0 Å². The predicted octanol–water partition coefficient (Wildman–Crippen LogP) is 1.81. The van der Waals surface area contributed by atoms with Crippen molar-refractivity contribution in [1.82, 2.24) is 9.21 Å². The van der Waals surface area contributed by atoms with Gasteiger partial charge in [-0.2, -0.15) is 4.31 Å². The van der Waals surface area contributed by atoms with Crippen LogP contribution in [0.3, 0.4) is 0 Å². The first-order valence-corrected chi connectivity index (χ1v) is 11.0. The lowest BCUT2D eigenvalue weighted by Gasteiger charge is -2.33. The minimum absolute atomic E-state index is 0.0172. The van der Waals surface area contributed by atoms with Crippen LogP contribution in [0.5, 0.6) is 0 Å². The van der Waals surface area contributed by atoms with Gasteiger partial charge in [0.1, 0.15) is 4.21 Å². The molecule has 2 heterocycles. The zero-order valence-corrected chi connectivity index (χ0v) is 17.0. The smallest absolute Gasteiger partial charge is 0.310 e. The van der Waals surface area contributed by atoms with E-state index in [-0.39, 0.29) is 23.7 Å². The summed E-state index contributed by atoms with van der Waals surface area (Å²) >= 11 is 1.20. The topological polar surface area (TPSA) is 84.0 Å². The van der Waals surface area contributed by atoms with E-state index in [9.17, 15) is 18.0 Å². The zero-order chi connectivity index (χ0) is 19.3. The Bertz CT molecular complexity index is 710. The molecule has 1 aromatic heterocycles. The molecule has 0 bridgehead atoms. The highest BCUT2D eigenvalue weighted by Gasteiger charge is 2.34. The molecule has 1 atom stereocenters. The van der Waals surface area contributed by atoms with Gasteiger partial charge in [-0.1, -0.05) is 13.0 Å². The van der Waals surface area contributed by atoms with Crippen molar-refractivity contribution in [3.8, 4) is 0 Å². The lowest BCUT2D eigenvalue weighted by atomic mass is 9.96. The Labute approximate surface area is 159 Å². The summed E-state index contributed by atoms with van der Waals surface area (Å²) < 4.78 is 31.6. The fourth-order valence-corrected chi connectivity index (χ4v) is 5.73. The standard InChI is InChI=1S/C17H26N2O5S2/c1-4-18(12-13(2)17(21)24-3)16(20)14-7-9-19(10-8-14)26(22,23)15-6-5-11-25-15/h5-6,11,13-14H,4,7-10,12H2,1-3H3. The highest BCUT2D eigenvalue weighted by Crippen LogP contribution is 2.27. The van der Waals surface area contributed by atoms with Crippen molar-refractivity contribution < 1.29 is 22.7 Å². The quantitative estimate of drug-likeness (QED) is 0.650. The van der Waals surface area contributed by atoms with Gasteiger partial charge >= 0.3 is 5.97 Å². The number of rotatable bonds is 7. The lowest BCUT2D eigenvalue weighted by molar-refractivity contribution is -0.147. The fourth-order valence-electron chi connectivity index (χ4n) is 3.12. The van der Waals surface area contributed by atoms with Gasteiger partial charge < -0.3 is 9.64 Å². The molecule has 1 saturated heterocycles. The van der Waals surface area contributed by atoms with Crippen molar-refractivity contribution in [1.29, 1.82) is 0 Å². The number of hydrogen-bond donors (Lipinski definition) is 0. The van der Waals surface area contributed by atoms with Crippen LogP contribution in [0.2, 0.25) is 0 Å². The number of sulfonamides is 1. The Morgan fingerprint density at radius 1 is 1.38 bits per heavy atom. The molecule has 1 aliphatic rings. The Kier molecular flexibility index (Phi) is 7.19. The Hall–Kier alpha value is -1.45. The molecule has 1 aliphatic heterocycles. The van der Waals surface area contributed by atoms with Crippen LogP contribution in [0, 0.1) is 11.8 Å². The third-order valence-corrected chi connectivity index (χ3v) is 7.96. The van der Waals surface area contributed by atoms with E-state index in [0.29, 0.717) is 43.2 Å². The predicted molar refractivity (Wildman–Crippen MR) is 99.2 cm³/mol. The van der Waals surface area contributed by atoms with Crippen LogP contribution in [-0.4, -0.2) is 62.8 Å². The second-order valence-electron chi connectivity index (χ2n) is 6.41. The number of amides is 1. The second-order valence-corrected chi connectivity index (χ2v) is 9.52. The second kappa shape index (κ2) is 8.96. The molecule has 0 aliphatic carbocycles. The number of piperidine rings is 1. The van der Waals surface area contributed by atoms with Gasteiger partial charge in [0, 0.05) is 32.1 Å². The number of carbonyl (C=O) groups excluding carboxylic acids is 2. The number of hydrogen-bond acceptors (Lipinski definition) is 6. The summed E-state index contributed by atoms with van der Waals surface area (Å²) in [6.07, 6.45) is 0.985. The van der Waals surface area contributed by atoms with Crippen molar-refractivity contribution in [2.45, 2.75) is 30.9 Å². The molecule has 1 fully saturated rings. The Morgan fingerprint density at radius 3 is 2.54 bits per heavy atom. The largest absolute Gasteiger partial charge is 0.469 e. The Morgan fingerprint density at radius 2 is 2.04 bits per heavy atom. The number of nitrogens with zero attached hydrogens (tertiary/aromatic N) is 2. The Balaban J connectivity index is 1.95. The monoisotopic (exact) mass is 402 g/mol. The molecule has 2 rings (SSSR count). The van der Waals surface area contributed by atoms with Gasteiger partial charge in [-0.05, 0) is 31.2 Å². The zero-order valence-electron chi connectivity index (χ0n) is 15.4. The highest BCUT2D eigenvalue weighted by molar-refractivity contribution is 7.91. The number of thiophene rings is 1. The summed E-state index contributed by atoms with van der Waals surface area (Å²) in [4.78, 5) is 26.0. The molecule has 0 N–H and O–H groups in total. The summed E-state index contributed by atoms with van der Waals surface area (Å²) in [6, 6.07) is 3.32. The van der Waals surface area contributed by atoms with E-state index in [0.717, 1.165) is 0 Å². The number of methoxy groups -OCH3 is 1. The molecule has 0 saturated carbocycles. The molecule has 26 heavy (non-hydrogen) atoms. The van der Waals surface area contributed by atoms with Crippen LogP contribution >= 0.6 is 11.3 Å². The molecule has 9 heteroatoms. The van der Waals surface area contributed by atoms with Gasteiger partial charge in [-0.3, -0.25) is 9.59 Å². The summed E-state index contributed by atoms with van der Waals surface area (Å²) in [5.74, 6) is -0.956. The van der Waals surface area contributed by atoms with E-state index in [2.05, 4.69) is 0 Å². The van der Waals surface area contributed by atoms with Gasteiger partial charge in [-0.15, -0.1) is 11.3 Å². The SMILES string of the molecule is CCN(CC(C)C(=O)OC)C(=O)C1CCN(S(=O)(=O)c2cccs2)CC1. The summed E-state index contributed by atoms with van der Waals surface area (Å²) in [5, 5.41) is 1.74. The normalized spacial score (nSPS) is 17.7. The molecule has 1 amide bonds. The highest BCUT2D eigenvalue weighted by atomic mass is 32.2. The van der Waals surface area contributed by atoms with Gasteiger partial charge in [0.05, 0.1) is 13.0 Å². The van der Waals surface area contributed by atoms with Crippen molar-refractivity contribution >= 4 is 33.2 Å². The van der Waals surface area contributed by atoms with Crippen LogP contribution < -0.4 is 0 Å². The van der Waals surface area contributed by atoms with Gasteiger partial charge in [0.25, 0.3) is 10.0 Å². The van der Waals surface area contributed by atoms with E-state index in [1.165, 1.54) is 22.8 Å². The average molecular weight is 403 g/mol. The van der Waals surface area contributed by atoms with E-state index < -0.39 is 10.0 Å². The van der Waals surface area contributed by atoms with Crippen molar-refractivity contribution in [3.05, 3.63) is 17.5 Å².